The molecule has 8 bridgehead atoms. The molecular formula is C39H42N4O4. The van der Waals surface area contributed by atoms with Gasteiger partial charge in [0.05, 0.1) is 29.9 Å². The number of hydrogen-bond donors (Lipinski definition) is 3. The Bertz CT molecular complexity index is 2120. The Hall–Kier alpha value is -4.98. The van der Waals surface area contributed by atoms with Gasteiger partial charge in [-0.2, -0.15) is 0 Å². The number of H-pyrrole nitrogens is 2. The van der Waals surface area contributed by atoms with E-state index in [0.717, 1.165) is 72.5 Å². The van der Waals surface area contributed by atoms with Crippen LogP contribution < -0.4 is 0 Å². The maximum atomic E-state index is 12.3. The van der Waals surface area contributed by atoms with Crippen LogP contribution >= 0.6 is 0 Å². The Balaban J connectivity index is 1.75. The van der Waals surface area contributed by atoms with Crippen LogP contribution in [0.25, 0.3) is 44.9 Å². The van der Waals surface area contributed by atoms with Crippen molar-refractivity contribution in [1.82, 2.24) is 19.9 Å². The molecule has 1 aliphatic carbocycles. The van der Waals surface area contributed by atoms with Gasteiger partial charge in [-0.1, -0.05) is 37.3 Å². The zero-order chi connectivity index (χ0) is 33.8. The molecule has 0 spiro atoms. The van der Waals surface area contributed by atoms with Gasteiger partial charge in [0.2, 0.25) is 0 Å². The third-order valence-corrected chi connectivity index (χ3v) is 10.6. The van der Waals surface area contributed by atoms with Crippen molar-refractivity contribution in [2.75, 3.05) is 7.11 Å². The summed E-state index contributed by atoms with van der Waals surface area (Å²) < 4.78 is 4.98. The monoisotopic (exact) mass is 630 g/mol. The summed E-state index contributed by atoms with van der Waals surface area (Å²) in [7, 11) is 1.40. The fourth-order valence-electron chi connectivity index (χ4n) is 7.28. The third kappa shape index (κ3) is 5.35. The smallest absolute Gasteiger partial charge is 0.305 e. The van der Waals surface area contributed by atoms with Crippen molar-refractivity contribution in [3.05, 3.63) is 93.6 Å². The normalized spacial score (nSPS) is 18.8. The van der Waals surface area contributed by atoms with Crippen molar-refractivity contribution in [2.24, 2.45) is 5.92 Å². The van der Waals surface area contributed by atoms with E-state index in [0.29, 0.717) is 18.5 Å². The summed E-state index contributed by atoms with van der Waals surface area (Å²) >= 11 is 0. The molecule has 0 saturated heterocycles. The maximum absolute atomic E-state index is 12.3. The number of rotatable bonds is 7. The number of esters is 1. The van der Waals surface area contributed by atoms with Crippen molar-refractivity contribution in [3.8, 4) is 0 Å². The number of hydrogen-bond acceptors (Lipinski definition) is 5. The van der Waals surface area contributed by atoms with Crippen molar-refractivity contribution in [3.63, 3.8) is 0 Å². The second-order valence-electron chi connectivity index (χ2n) is 13.1. The van der Waals surface area contributed by atoms with E-state index in [1.54, 1.807) is 0 Å². The number of carbonyl (C=O) groups excluding carboxylic acids is 1. The fourth-order valence-corrected chi connectivity index (χ4v) is 7.28. The number of aryl methyl sites for hydroxylation is 3. The van der Waals surface area contributed by atoms with E-state index in [1.807, 2.05) is 25.1 Å². The zero-order valence-corrected chi connectivity index (χ0v) is 28.2. The van der Waals surface area contributed by atoms with Gasteiger partial charge in [-0.3, -0.25) is 14.6 Å². The molecule has 2 aliphatic heterocycles. The molecule has 47 heavy (non-hydrogen) atoms. The van der Waals surface area contributed by atoms with E-state index in [9.17, 15) is 14.7 Å². The number of fused-ring (bicyclic) bond motifs is 11. The highest BCUT2D eigenvalue weighted by molar-refractivity contribution is 5.94. The molecule has 6 rings (SSSR count). The number of carboxylic acid groups (broad SMARTS) is 1. The van der Waals surface area contributed by atoms with Crippen LogP contribution in [0.1, 0.15) is 92.0 Å². The molecule has 8 heteroatoms. The minimum Gasteiger partial charge on any atom is -0.481 e. The first-order chi connectivity index (χ1) is 22.4. The Labute approximate surface area is 275 Å². The zero-order valence-electron chi connectivity index (χ0n) is 28.2. The molecule has 8 nitrogen and oxygen atoms in total. The van der Waals surface area contributed by atoms with Crippen molar-refractivity contribution >= 4 is 56.8 Å². The largest absolute Gasteiger partial charge is 0.481 e. The van der Waals surface area contributed by atoms with Crippen LogP contribution in [0.5, 0.6) is 0 Å². The molecular weight excluding hydrogens is 588 g/mol. The molecule has 0 unspecified atom stereocenters. The molecule has 0 aromatic carbocycles. The summed E-state index contributed by atoms with van der Waals surface area (Å²) in [5.41, 5.74) is 14.9. The molecule has 3 aliphatic rings. The molecule has 0 radical (unpaired) electrons. The lowest BCUT2D eigenvalue weighted by Gasteiger charge is -2.36. The van der Waals surface area contributed by atoms with Gasteiger partial charge in [-0.05, 0) is 111 Å². The SMILES string of the molecule is C=Cc1c(C)c2cc3nc(cc4[nH]c(cc5nc(cc1[nH]2)C(C)=C5CCC(=O)O)c(CCC(=O)OC)c4C)[C@@]1(C)C3=CC=C(C)[C@H]1C. The summed E-state index contributed by atoms with van der Waals surface area (Å²) in [6.07, 6.45) is 7.30. The van der Waals surface area contributed by atoms with Gasteiger partial charge in [-0.15, -0.1) is 0 Å². The summed E-state index contributed by atoms with van der Waals surface area (Å²) in [4.78, 5) is 41.6. The van der Waals surface area contributed by atoms with Gasteiger partial charge in [0, 0.05) is 45.9 Å². The molecule has 3 N–H and O–H groups in total. The van der Waals surface area contributed by atoms with E-state index in [4.69, 9.17) is 14.7 Å². The Morgan fingerprint density at radius 2 is 1.60 bits per heavy atom. The van der Waals surface area contributed by atoms with Crippen LogP contribution in [-0.4, -0.2) is 44.1 Å². The standard InChI is InChI=1S/C39H42N4O4/c1-9-25-21(3)30-17-35-28-13-10-20(2)24(6)39(28,7)36(43-35)19-31-23(5)27(12-15-38(46)47-8)34(42-31)18-33-26(11-14-37(44)45)22(4)29(41-33)16-32(25)40-30/h9-10,13,16-19,24,40,42H,1,11-12,14-15H2,2-8H3,(H,44,45)/t24-,39-/m1/s1. The van der Waals surface area contributed by atoms with E-state index in [2.05, 4.69) is 75.5 Å². The number of nitrogens with zero attached hydrogens (tertiary/aromatic N) is 2. The second-order valence-corrected chi connectivity index (χ2v) is 13.1. The van der Waals surface area contributed by atoms with Gasteiger partial charge in [0.15, 0.2) is 0 Å². The lowest BCUT2D eigenvalue weighted by molar-refractivity contribution is -0.140. The molecule has 0 fully saturated rings. The number of carboxylic acids is 1. The lowest BCUT2D eigenvalue weighted by Crippen LogP contribution is -2.31. The summed E-state index contributed by atoms with van der Waals surface area (Å²) in [6, 6.07) is 8.30. The van der Waals surface area contributed by atoms with Crippen molar-refractivity contribution in [1.29, 1.82) is 0 Å². The van der Waals surface area contributed by atoms with Crippen molar-refractivity contribution in [2.45, 2.75) is 72.6 Å². The molecule has 2 atom stereocenters. The van der Waals surface area contributed by atoms with Gasteiger partial charge in [0.1, 0.15) is 0 Å². The number of methoxy groups -OCH3 is 1. The van der Waals surface area contributed by atoms with E-state index in [1.165, 1.54) is 18.3 Å². The van der Waals surface area contributed by atoms with Crippen LogP contribution in [0.2, 0.25) is 0 Å². The average molecular weight is 631 g/mol. The highest BCUT2D eigenvalue weighted by Gasteiger charge is 2.45. The first kappa shape index (κ1) is 32.0. The molecule has 0 amide bonds. The van der Waals surface area contributed by atoms with Gasteiger partial charge in [0.25, 0.3) is 0 Å². The third-order valence-electron chi connectivity index (χ3n) is 10.6. The van der Waals surface area contributed by atoms with E-state index >= 15 is 0 Å². The van der Waals surface area contributed by atoms with Gasteiger partial charge >= 0.3 is 11.9 Å². The molecule has 242 valence electrons. The number of carbonyl (C=O) groups is 2. The Kier molecular flexibility index (Phi) is 8.16. The van der Waals surface area contributed by atoms with E-state index < -0.39 is 5.97 Å². The predicted molar refractivity (Wildman–Crippen MR) is 189 cm³/mol. The fraction of sp³-hybridized carbons (Fsp3) is 0.333. The van der Waals surface area contributed by atoms with Gasteiger partial charge < -0.3 is 19.8 Å². The topological polar surface area (TPSA) is 121 Å². The number of aliphatic carboxylic acids is 1. The minimum absolute atomic E-state index is 0.0116. The van der Waals surface area contributed by atoms with Crippen LogP contribution in [0.15, 0.2) is 48.6 Å². The average Bonchev–Trinajstić information content (AvgIpc) is 3.69. The lowest BCUT2D eigenvalue weighted by atomic mass is 9.65. The Morgan fingerprint density at radius 1 is 0.915 bits per heavy atom. The highest BCUT2D eigenvalue weighted by atomic mass is 16.5. The molecule has 3 aromatic rings. The number of nitrogens with one attached hydrogen (secondary N) is 2. The summed E-state index contributed by atoms with van der Waals surface area (Å²) in [5, 5.41) is 9.57. The summed E-state index contributed by atoms with van der Waals surface area (Å²) in [5.74, 6) is -0.927. The molecule has 3 aromatic heterocycles. The second kappa shape index (κ2) is 12.0. The predicted octanol–water partition coefficient (Wildman–Crippen LogP) is 8.41. The van der Waals surface area contributed by atoms with Crippen LogP contribution in [0.4, 0.5) is 0 Å². The first-order valence-electron chi connectivity index (χ1n) is 16.1. The molecule has 0 saturated carbocycles. The number of allylic oxidation sites excluding steroid dienone is 6. The highest BCUT2D eigenvalue weighted by Crippen LogP contribution is 2.51. The molecule has 5 heterocycles. The van der Waals surface area contributed by atoms with Crippen LogP contribution in [0, 0.1) is 19.8 Å². The maximum Gasteiger partial charge on any atom is 0.305 e. The van der Waals surface area contributed by atoms with Crippen LogP contribution in [0.3, 0.4) is 0 Å². The number of aromatic nitrogens is 4. The summed E-state index contributed by atoms with van der Waals surface area (Å²) in [6.45, 7) is 17.0. The van der Waals surface area contributed by atoms with Crippen LogP contribution in [-0.2, 0) is 26.2 Å². The van der Waals surface area contributed by atoms with E-state index in [-0.39, 0.29) is 30.1 Å². The number of ether oxygens (including phenoxy) is 1. The Morgan fingerprint density at radius 3 is 2.30 bits per heavy atom. The van der Waals surface area contributed by atoms with Crippen molar-refractivity contribution < 1.29 is 19.4 Å². The first-order valence-corrected chi connectivity index (χ1v) is 16.1. The quantitative estimate of drug-likeness (QED) is 0.225. The number of aromatic amines is 2. The minimum atomic E-state index is -0.863. The van der Waals surface area contributed by atoms with Gasteiger partial charge in [-0.25, -0.2) is 4.98 Å².